The molecule has 2 rings (SSSR count). The summed E-state index contributed by atoms with van der Waals surface area (Å²) >= 11 is 0. The maximum atomic E-state index is 5.64. The molecule has 1 heterocycles. The molecule has 0 radical (unpaired) electrons. The SMILES string of the molecule is COc1cccc2c1OC[C@@H](CN)C2. The van der Waals surface area contributed by atoms with E-state index in [1.165, 1.54) is 5.56 Å². The van der Waals surface area contributed by atoms with E-state index in [1.807, 2.05) is 12.1 Å². The van der Waals surface area contributed by atoms with Gasteiger partial charge >= 0.3 is 0 Å². The van der Waals surface area contributed by atoms with Crippen molar-refractivity contribution in [1.29, 1.82) is 0 Å². The van der Waals surface area contributed by atoms with Crippen LogP contribution in [-0.4, -0.2) is 20.3 Å². The second-order valence-corrected chi connectivity index (χ2v) is 3.57. The predicted octanol–water partition coefficient (Wildman–Crippen LogP) is 1.21. The molecule has 0 amide bonds. The number of nitrogens with two attached hydrogens (primary N) is 1. The normalized spacial score (nSPS) is 19.7. The minimum absolute atomic E-state index is 0.439. The zero-order valence-electron chi connectivity index (χ0n) is 8.32. The topological polar surface area (TPSA) is 44.5 Å². The Morgan fingerprint density at radius 2 is 2.43 bits per heavy atom. The van der Waals surface area contributed by atoms with Crippen molar-refractivity contribution >= 4 is 0 Å². The van der Waals surface area contributed by atoms with Gasteiger partial charge in [0.25, 0.3) is 0 Å². The molecule has 3 nitrogen and oxygen atoms in total. The van der Waals surface area contributed by atoms with Crippen LogP contribution in [0, 0.1) is 5.92 Å². The summed E-state index contributed by atoms with van der Waals surface area (Å²) in [5.41, 5.74) is 6.82. The highest BCUT2D eigenvalue weighted by Gasteiger charge is 2.21. The van der Waals surface area contributed by atoms with Crippen LogP contribution in [0.15, 0.2) is 18.2 Å². The van der Waals surface area contributed by atoms with Gasteiger partial charge in [0.2, 0.25) is 0 Å². The minimum Gasteiger partial charge on any atom is -0.493 e. The number of hydrogen-bond acceptors (Lipinski definition) is 3. The third-order valence-electron chi connectivity index (χ3n) is 2.59. The molecule has 0 spiro atoms. The van der Waals surface area contributed by atoms with Gasteiger partial charge < -0.3 is 15.2 Å². The van der Waals surface area contributed by atoms with E-state index in [-0.39, 0.29) is 0 Å². The summed E-state index contributed by atoms with van der Waals surface area (Å²) in [4.78, 5) is 0. The van der Waals surface area contributed by atoms with Crippen molar-refractivity contribution in [3.05, 3.63) is 23.8 Å². The molecule has 0 aliphatic carbocycles. The first-order chi connectivity index (χ1) is 6.85. The lowest BCUT2D eigenvalue weighted by Crippen LogP contribution is -2.27. The van der Waals surface area contributed by atoms with Crippen molar-refractivity contribution in [1.82, 2.24) is 0 Å². The van der Waals surface area contributed by atoms with E-state index in [0.29, 0.717) is 19.1 Å². The summed E-state index contributed by atoms with van der Waals surface area (Å²) in [6.07, 6.45) is 0.989. The number of ether oxygens (including phenoxy) is 2. The Morgan fingerprint density at radius 1 is 1.57 bits per heavy atom. The quantitative estimate of drug-likeness (QED) is 0.767. The third kappa shape index (κ3) is 1.55. The molecular weight excluding hydrogens is 178 g/mol. The molecule has 0 fully saturated rings. The van der Waals surface area contributed by atoms with Gasteiger partial charge in [-0.3, -0.25) is 0 Å². The Bertz CT molecular complexity index is 325. The van der Waals surface area contributed by atoms with E-state index >= 15 is 0 Å². The van der Waals surface area contributed by atoms with Crippen molar-refractivity contribution in [2.24, 2.45) is 11.7 Å². The number of hydrogen-bond donors (Lipinski definition) is 1. The molecule has 1 aliphatic heterocycles. The third-order valence-corrected chi connectivity index (χ3v) is 2.59. The van der Waals surface area contributed by atoms with Crippen molar-refractivity contribution in [3.63, 3.8) is 0 Å². The molecule has 0 saturated carbocycles. The average Bonchev–Trinajstić information content (AvgIpc) is 2.27. The van der Waals surface area contributed by atoms with Gasteiger partial charge in [-0.1, -0.05) is 12.1 Å². The fourth-order valence-electron chi connectivity index (χ4n) is 1.77. The van der Waals surface area contributed by atoms with Crippen LogP contribution in [0.5, 0.6) is 11.5 Å². The molecule has 0 unspecified atom stereocenters. The minimum atomic E-state index is 0.439. The Balaban J connectivity index is 2.30. The van der Waals surface area contributed by atoms with Crippen molar-refractivity contribution in [2.75, 3.05) is 20.3 Å². The lowest BCUT2D eigenvalue weighted by atomic mass is 9.97. The van der Waals surface area contributed by atoms with Gasteiger partial charge in [-0.2, -0.15) is 0 Å². The van der Waals surface area contributed by atoms with Gasteiger partial charge in [0.05, 0.1) is 13.7 Å². The van der Waals surface area contributed by atoms with Crippen LogP contribution < -0.4 is 15.2 Å². The molecule has 76 valence electrons. The number of para-hydroxylation sites is 1. The fraction of sp³-hybridized carbons (Fsp3) is 0.455. The number of benzene rings is 1. The molecule has 0 saturated heterocycles. The molecule has 0 aromatic heterocycles. The first-order valence-corrected chi connectivity index (χ1v) is 4.84. The summed E-state index contributed by atoms with van der Waals surface area (Å²) in [6.45, 7) is 1.38. The van der Waals surface area contributed by atoms with E-state index in [4.69, 9.17) is 15.2 Å². The largest absolute Gasteiger partial charge is 0.493 e. The van der Waals surface area contributed by atoms with Crippen LogP contribution in [0.2, 0.25) is 0 Å². The van der Waals surface area contributed by atoms with E-state index in [0.717, 1.165) is 17.9 Å². The van der Waals surface area contributed by atoms with Gasteiger partial charge in [0, 0.05) is 5.92 Å². The second kappa shape index (κ2) is 3.88. The molecule has 1 atom stereocenters. The van der Waals surface area contributed by atoms with Crippen molar-refractivity contribution in [2.45, 2.75) is 6.42 Å². The zero-order valence-corrected chi connectivity index (χ0v) is 8.32. The molecule has 2 N–H and O–H groups in total. The maximum absolute atomic E-state index is 5.64. The second-order valence-electron chi connectivity index (χ2n) is 3.57. The number of rotatable bonds is 2. The van der Waals surface area contributed by atoms with Crippen LogP contribution in [0.4, 0.5) is 0 Å². The predicted molar refractivity (Wildman–Crippen MR) is 54.7 cm³/mol. The van der Waals surface area contributed by atoms with Crippen molar-refractivity contribution in [3.8, 4) is 11.5 Å². The summed E-state index contributed by atoms with van der Waals surface area (Å²) in [5, 5.41) is 0. The van der Waals surface area contributed by atoms with Gasteiger partial charge in [-0.25, -0.2) is 0 Å². The summed E-state index contributed by atoms with van der Waals surface area (Å²) in [7, 11) is 1.66. The standard InChI is InChI=1S/C11H15NO2/c1-13-10-4-2-3-9-5-8(6-12)7-14-11(9)10/h2-4,8H,5-7,12H2,1H3/t8-/m1/s1. The highest BCUT2D eigenvalue weighted by atomic mass is 16.5. The van der Waals surface area contributed by atoms with E-state index in [2.05, 4.69) is 6.07 Å². The zero-order chi connectivity index (χ0) is 9.97. The van der Waals surface area contributed by atoms with Crippen molar-refractivity contribution < 1.29 is 9.47 Å². The lowest BCUT2D eigenvalue weighted by Gasteiger charge is -2.25. The molecule has 14 heavy (non-hydrogen) atoms. The lowest BCUT2D eigenvalue weighted by molar-refractivity contribution is 0.216. The molecule has 1 aromatic rings. The summed E-state index contributed by atoms with van der Waals surface area (Å²) < 4.78 is 10.9. The maximum Gasteiger partial charge on any atom is 0.164 e. The molecule has 1 aliphatic rings. The molecule has 3 heteroatoms. The van der Waals surface area contributed by atoms with Gasteiger partial charge in [0.1, 0.15) is 0 Å². The Morgan fingerprint density at radius 3 is 3.14 bits per heavy atom. The fourth-order valence-corrected chi connectivity index (χ4v) is 1.77. The number of fused-ring (bicyclic) bond motifs is 1. The highest BCUT2D eigenvalue weighted by molar-refractivity contribution is 5.47. The monoisotopic (exact) mass is 193 g/mol. The molecule has 0 bridgehead atoms. The van der Waals surface area contributed by atoms with Gasteiger partial charge in [0.15, 0.2) is 11.5 Å². The average molecular weight is 193 g/mol. The van der Waals surface area contributed by atoms with E-state index in [9.17, 15) is 0 Å². The van der Waals surface area contributed by atoms with Crippen LogP contribution in [0.3, 0.4) is 0 Å². The van der Waals surface area contributed by atoms with Gasteiger partial charge in [-0.05, 0) is 24.6 Å². The Hall–Kier alpha value is -1.22. The first kappa shape index (κ1) is 9.34. The van der Waals surface area contributed by atoms with E-state index < -0.39 is 0 Å². The van der Waals surface area contributed by atoms with Crippen LogP contribution in [-0.2, 0) is 6.42 Å². The number of methoxy groups -OCH3 is 1. The molecule has 1 aromatic carbocycles. The first-order valence-electron chi connectivity index (χ1n) is 4.84. The highest BCUT2D eigenvalue weighted by Crippen LogP contribution is 2.35. The smallest absolute Gasteiger partial charge is 0.164 e. The summed E-state index contributed by atoms with van der Waals surface area (Å²) in [5.74, 6) is 2.15. The Labute approximate surface area is 83.8 Å². The van der Waals surface area contributed by atoms with Gasteiger partial charge in [-0.15, -0.1) is 0 Å². The van der Waals surface area contributed by atoms with Crippen LogP contribution in [0.1, 0.15) is 5.56 Å². The van der Waals surface area contributed by atoms with Crippen LogP contribution >= 0.6 is 0 Å². The molecular formula is C11H15NO2. The van der Waals surface area contributed by atoms with E-state index in [1.54, 1.807) is 7.11 Å². The summed E-state index contributed by atoms with van der Waals surface area (Å²) in [6, 6.07) is 5.97. The Kier molecular flexibility index (Phi) is 2.59. The van der Waals surface area contributed by atoms with Crippen LogP contribution in [0.25, 0.3) is 0 Å².